The minimum absolute atomic E-state index is 0.0952. The van der Waals surface area contributed by atoms with Gasteiger partial charge < -0.3 is 9.64 Å². The smallest absolute Gasteiger partial charge is 0.328 e. The number of hydrogen-bond acceptors (Lipinski definition) is 5. The van der Waals surface area contributed by atoms with Gasteiger partial charge in [-0.25, -0.2) is 4.79 Å². The first-order valence-corrected chi connectivity index (χ1v) is 12.3. The summed E-state index contributed by atoms with van der Waals surface area (Å²) in [6.45, 7) is 2.52. The van der Waals surface area contributed by atoms with Crippen LogP contribution >= 0.6 is 0 Å². The summed E-state index contributed by atoms with van der Waals surface area (Å²) in [5.41, 5.74) is 2.85. The lowest BCUT2D eigenvalue weighted by Crippen LogP contribution is -2.52. The largest absolute Gasteiger partial charge is 0.497 e. The average molecular weight is 462 g/mol. The lowest BCUT2D eigenvalue weighted by atomic mass is 9.95. The second-order valence-electron chi connectivity index (χ2n) is 9.94. The number of benzene rings is 2. The Bertz CT molecular complexity index is 1060. The second-order valence-corrected chi connectivity index (χ2v) is 9.94. The number of nitrogens with one attached hydrogen (secondary N) is 1. The van der Waals surface area contributed by atoms with E-state index < -0.39 is 5.54 Å². The first-order chi connectivity index (χ1) is 16.5. The van der Waals surface area contributed by atoms with Crippen LogP contribution < -0.4 is 19.9 Å². The molecule has 1 aliphatic carbocycles. The second kappa shape index (κ2) is 9.29. The number of likely N-dealkylation sites (tertiary alicyclic amines) is 1. The molecular formula is C27H35N5O2. The van der Waals surface area contributed by atoms with Crippen molar-refractivity contribution in [3.8, 4) is 5.75 Å². The highest BCUT2D eigenvalue weighted by Crippen LogP contribution is 2.39. The van der Waals surface area contributed by atoms with Gasteiger partial charge in [0.2, 0.25) is 0 Å². The van der Waals surface area contributed by atoms with Crippen molar-refractivity contribution in [2.24, 2.45) is 4.99 Å². The average Bonchev–Trinajstić information content (AvgIpc) is 3.55. The molecule has 2 aromatic rings. The first-order valence-electron chi connectivity index (χ1n) is 12.3. The Hall–Kier alpha value is -3.06. The third-order valence-electron chi connectivity index (χ3n) is 7.43. The van der Waals surface area contributed by atoms with Crippen LogP contribution in [0, 0.1) is 0 Å². The summed E-state index contributed by atoms with van der Waals surface area (Å²) in [5, 5.41) is 3.17. The Kier molecular flexibility index (Phi) is 6.21. The zero-order chi connectivity index (χ0) is 23.7. The van der Waals surface area contributed by atoms with Crippen molar-refractivity contribution in [1.29, 1.82) is 0 Å². The van der Waals surface area contributed by atoms with E-state index in [1.54, 1.807) is 7.11 Å². The van der Waals surface area contributed by atoms with Crippen molar-refractivity contribution in [2.45, 2.75) is 50.2 Å². The van der Waals surface area contributed by atoms with Crippen LogP contribution in [0.2, 0.25) is 0 Å². The third kappa shape index (κ3) is 4.25. The lowest BCUT2D eigenvalue weighted by molar-refractivity contribution is 0.250. The molecule has 0 bridgehead atoms. The fourth-order valence-electron chi connectivity index (χ4n) is 5.60. The van der Waals surface area contributed by atoms with Gasteiger partial charge in [0.15, 0.2) is 0 Å². The molecule has 2 aliphatic heterocycles. The molecule has 0 aromatic heterocycles. The molecule has 1 atom stereocenters. The number of methoxy groups -OCH3 is 1. The summed E-state index contributed by atoms with van der Waals surface area (Å²) >= 11 is 0. The van der Waals surface area contributed by atoms with Crippen molar-refractivity contribution in [3.63, 3.8) is 0 Å². The Morgan fingerprint density at radius 1 is 1.15 bits per heavy atom. The monoisotopic (exact) mass is 461 g/mol. The maximum atomic E-state index is 13.4. The van der Waals surface area contributed by atoms with E-state index >= 15 is 0 Å². The van der Waals surface area contributed by atoms with E-state index in [1.165, 1.54) is 24.1 Å². The number of urea groups is 1. The van der Waals surface area contributed by atoms with Gasteiger partial charge in [-0.1, -0.05) is 31.0 Å². The molecule has 3 aliphatic rings. The topological polar surface area (TPSA) is 60.4 Å². The van der Waals surface area contributed by atoms with Gasteiger partial charge in [0.05, 0.1) is 18.8 Å². The Balaban J connectivity index is 1.45. The molecule has 1 N–H and O–H groups in total. The summed E-state index contributed by atoms with van der Waals surface area (Å²) in [7, 11) is 5.77. The van der Waals surface area contributed by atoms with Crippen LogP contribution in [-0.4, -0.2) is 62.6 Å². The summed E-state index contributed by atoms with van der Waals surface area (Å²) in [6, 6.07) is 16.7. The molecule has 5 rings (SSSR count). The fourth-order valence-corrected chi connectivity index (χ4v) is 5.60. The number of carbonyl (C=O) groups excluding carboxylic acids is 1. The minimum atomic E-state index is -0.477. The molecule has 2 saturated heterocycles. The molecule has 2 heterocycles. The number of ether oxygens (including phenoxy) is 1. The summed E-state index contributed by atoms with van der Waals surface area (Å²) < 4.78 is 5.46. The SMILES string of the molecule is COc1cccc(N2C(=O)NC(=NC3CCCC3)C23CCN(Cc2ccc(N(C)C)cc2)C3)c1. The summed E-state index contributed by atoms with van der Waals surface area (Å²) in [5.74, 6) is 1.59. The number of anilines is 2. The molecule has 2 amide bonds. The van der Waals surface area contributed by atoms with Gasteiger partial charge in [-0.3, -0.25) is 20.1 Å². The van der Waals surface area contributed by atoms with E-state index in [2.05, 4.69) is 53.5 Å². The quantitative estimate of drug-likeness (QED) is 0.698. The molecule has 1 unspecified atom stereocenters. The van der Waals surface area contributed by atoms with Crippen molar-refractivity contribution < 1.29 is 9.53 Å². The number of nitrogens with zero attached hydrogens (tertiary/aromatic N) is 4. The van der Waals surface area contributed by atoms with Gasteiger partial charge in [0.1, 0.15) is 17.1 Å². The molecule has 7 nitrogen and oxygen atoms in total. The van der Waals surface area contributed by atoms with Gasteiger partial charge in [-0.2, -0.15) is 0 Å². The van der Waals surface area contributed by atoms with E-state index in [1.807, 2.05) is 29.2 Å². The molecule has 1 spiro atoms. The van der Waals surface area contributed by atoms with Gasteiger partial charge in [0, 0.05) is 45.5 Å². The van der Waals surface area contributed by atoms with Crippen LogP contribution in [0.15, 0.2) is 53.5 Å². The molecule has 3 fully saturated rings. The van der Waals surface area contributed by atoms with Crippen LogP contribution in [-0.2, 0) is 6.54 Å². The fraction of sp³-hybridized carbons (Fsp3) is 0.481. The van der Waals surface area contributed by atoms with Crippen molar-refractivity contribution in [1.82, 2.24) is 10.2 Å². The molecule has 2 aromatic carbocycles. The van der Waals surface area contributed by atoms with E-state index in [9.17, 15) is 4.79 Å². The Morgan fingerprint density at radius 3 is 2.62 bits per heavy atom. The molecule has 0 radical (unpaired) electrons. The summed E-state index contributed by atoms with van der Waals surface area (Å²) in [6.07, 6.45) is 5.51. The zero-order valence-corrected chi connectivity index (χ0v) is 20.5. The summed E-state index contributed by atoms with van der Waals surface area (Å²) in [4.78, 5) is 25.0. The number of aliphatic imine (C=N–C) groups is 1. The highest BCUT2D eigenvalue weighted by Gasteiger charge is 2.55. The standard InChI is InChI=1S/C27H35N5O2/c1-30(2)22-13-11-20(12-14-22)18-31-16-15-27(19-31)25(28-21-7-4-5-8-21)29-26(33)32(27)23-9-6-10-24(17-23)34-3/h6,9-14,17,21H,4-5,7-8,15-16,18-19H2,1-3H3,(H,28,29,33). The Morgan fingerprint density at radius 2 is 1.91 bits per heavy atom. The minimum Gasteiger partial charge on any atom is -0.497 e. The van der Waals surface area contributed by atoms with E-state index in [4.69, 9.17) is 9.73 Å². The number of carbonyl (C=O) groups is 1. The normalized spacial score (nSPS) is 24.4. The first kappa shape index (κ1) is 22.7. The van der Waals surface area contributed by atoms with Crippen molar-refractivity contribution in [2.75, 3.05) is 44.1 Å². The van der Waals surface area contributed by atoms with Crippen molar-refractivity contribution in [3.05, 3.63) is 54.1 Å². The van der Waals surface area contributed by atoms with Gasteiger partial charge >= 0.3 is 6.03 Å². The third-order valence-corrected chi connectivity index (χ3v) is 7.43. The maximum Gasteiger partial charge on any atom is 0.328 e. The highest BCUT2D eigenvalue weighted by molar-refractivity contribution is 6.19. The number of amidine groups is 1. The van der Waals surface area contributed by atoms with Crippen LogP contribution in [0.1, 0.15) is 37.7 Å². The van der Waals surface area contributed by atoms with Gasteiger partial charge in [-0.05, 0) is 49.1 Å². The lowest BCUT2D eigenvalue weighted by Gasteiger charge is -2.34. The van der Waals surface area contributed by atoms with Crippen LogP contribution in [0.25, 0.3) is 0 Å². The highest BCUT2D eigenvalue weighted by atomic mass is 16.5. The van der Waals surface area contributed by atoms with E-state index in [0.717, 1.165) is 56.2 Å². The van der Waals surface area contributed by atoms with Crippen molar-refractivity contribution >= 4 is 23.2 Å². The van der Waals surface area contributed by atoms with E-state index in [-0.39, 0.29) is 6.03 Å². The number of amides is 2. The maximum absolute atomic E-state index is 13.4. The van der Waals surface area contributed by atoms with Gasteiger partial charge in [0.25, 0.3) is 0 Å². The van der Waals surface area contributed by atoms with Crippen LogP contribution in [0.4, 0.5) is 16.2 Å². The van der Waals surface area contributed by atoms with Crippen LogP contribution in [0.3, 0.4) is 0 Å². The zero-order valence-electron chi connectivity index (χ0n) is 20.5. The number of rotatable bonds is 6. The molecule has 7 heteroatoms. The van der Waals surface area contributed by atoms with E-state index in [0.29, 0.717) is 6.04 Å². The van der Waals surface area contributed by atoms with Gasteiger partial charge in [-0.15, -0.1) is 0 Å². The molecule has 34 heavy (non-hydrogen) atoms. The Labute approximate surface area is 202 Å². The predicted octanol–water partition coefficient (Wildman–Crippen LogP) is 4.28. The predicted molar refractivity (Wildman–Crippen MR) is 137 cm³/mol. The van der Waals surface area contributed by atoms with Crippen LogP contribution in [0.5, 0.6) is 5.75 Å². The number of hydrogen-bond donors (Lipinski definition) is 1. The molecule has 1 saturated carbocycles. The molecular weight excluding hydrogens is 426 g/mol. The molecule has 180 valence electrons.